The zero-order valence-electron chi connectivity index (χ0n) is 10.4. The molecule has 19 heavy (non-hydrogen) atoms. The molecule has 0 spiro atoms. The topological polar surface area (TPSA) is 82.8 Å². The summed E-state index contributed by atoms with van der Waals surface area (Å²) < 4.78 is 1.66. The Balaban J connectivity index is 2.30. The molecule has 1 amide bonds. The lowest BCUT2D eigenvalue weighted by Crippen LogP contribution is -2.41. The highest BCUT2D eigenvalue weighted by Gasteiger charge is 2.39. The minimum absolute atomic E-state index is 0.0301. The van der Waals surface area contributed by atoms with E-state index in [9.17, 15) is 14.7 Å². The van der Waals surface area contributed by atoms with Crippen LogP contribution in [0.25, 0.3) is 0 Å². The average molecular weight is 287 g/mol. The quantitative estimate of drug-likeness (QED) is 0.862. The Hall–Kier alpha value is -1.53. The van der Waals surface area contributed by atoms with E-state index in [1.54, 1.807) is 10.8 Å². The van der Waals surface area contributed by atoms with Gasteiger partial charge in [0, 0.05) is 25.7 Å². The van der Waals surface area contributed by atoms with Gasteiger partial charge < -0.3 is 19.7 Å². The van der Waals surface area contributed by atoms with Gasteiger partial charge in [-0.15, -0.1) is 0 Å². The van der Waals surface area contributed by atoms with E-state index in [4.69, 9.17) is 16.7 Å². The first-order valence-corrected chi connectivity index (χ1v) is 6.39. The second-order valence-electron chi connectivity index (χ2n) is 4.53. The molecule has 0 bridgehead atoms. The molecule has 0 unspecified atom stereocenters. The molecule has 2 heterocycles. The molecule has 2 atom stereocenters. The van der Waals surface area contributed by atoms with Crippen molar-refractivity contribution in [3.05, 3.63) is 23.0 Å². The van der Waals surface area contributed by atoms with Gasteiger partial charge in [0.05, 0.1) is 11.1 Å². The molecular weight excluding hydrogens is 272 g/mol. The van der Waals surface area contributed by atoms with Gasteiger partial charge in [0.15, 0.2) is 0 Å². The van der Waals surface area contributed by atoms with Gasteiger partial charge in [-0.2, -0.15) is 0 Å². The molecule has 0 saturated carbocycles. The fraction of sp³-hybridized carbons (Fsp3) is 0.500. The van der Waals surface area contributed by atoms with E-state index < -0.39 is 24.0 Å². The third-order valence-electron chi connectivity index (χ3n) is 3.25. The maximum atomic E-state index is 12.4. The SMILES string of the molecule is CCn1cc(Cl)cc1C(=O)N1C[C@@H](O)C[C@H]1C(=O)O. The molecule has 2 rings (SSSR count). The van der Waals surface area contributed by atoms with Crippen molar-refractivity contribution in [3.8, 4) is 0 Å². The van der Waals surface area contributed by atoms with Crippen molar-refractivity contribution in [2.45, 2.75) is 32.0 Å². The molecule has 7 heteroatoms. The number of carboxylic acids is 1. The molecule has 1 aliphatic rings. The number of aliphatic hydroxyl groups excluding tert-OH is 1. The largest absolute Gasteiger partial charge is 0.480 e. The zero-order chi connectivity index (χ0) is 14.2. The molecule has 1 fully saturated rings. The summed E-state index contributed by atoms with van der Waals surface area (Å²) in [4.78, 5) is 24.7. The minimum Gasteiger partial charge on any atom is -0.480 e. The van der Waals surface area contributed by atoms with Crippen molar-refractivity contribution < 1.29 is 19.8 Å². The first kappa shape index (κ1) is 13.9. The number of carboxylic acid groups (broad SMARTS) is 1. The number of nitrogens with zero attached hydrogens (tertiary/aromatic N) is 2. The number of aromatic nitrogens is 1. The van der Waals surface area contributed by atoms with E-state index in [1.807, 2.05) is 6.92 Å². The molecule has 0 radical (unpaired) electrons. The summed E-state index contributed by atoms with van der Waals surface area (Å²) in [5.41, 5.74) is 0.341. The van der Waals surface area contributed by atoms with E-state index in [1.165, 1.54) is 11.0 Å². The highest BCUT2D eigenvalue weighted by molar-refractivity contribution is 6.31. The van der Waals surface area contributed by atoms with Crippen molar-refractivity contribution >= 4 is 23.5 Å². The third kappa shape index (κ3) is 2.59. The fourth-order valence-electron chi connectivity index (χ4n) is 2.33. The Morgan fingerprint density at radius 3 is 2.79 bits per heavy atom. The number of carbonyl (C=O) groups is 2. The number of amides is 1. The van der Waals surface area contributed by atoms with Crippen molar-refractivity contribution in [2.75, 3.05) is 6.54 Å². The van der Waals surface area contributed by atoms with Gasteiger partial charge in [0.1, 0.15) is 11.7 Å². The molecule has 104 valence electrons. The molecule has 0 aromatic carbocycles. The maximum Gasteiger partial charge on any atom is 0.326 e. The van der Waals surface area contributed by atoms with Gasteiger partial charge >= 0.3 is 5.97 Å². The number of β-amino-alcohol motifs (C(OH)–C–C–N with tert-alkyl or cyclic N) is 1. The number of aliphatic carboxylic acids is 1. The number of carbonyl (C=O) groups excluding carboxylic acids is 1. The second kappa shape index (κ2) is 5.22. The smallest absolute Gasteiger partial charge is 0.326 e. The Labute approximate surface area is 115 Å². The first-order valence-electron chi connectivity index (χ1n) is 6.01. The normalized spacial score (nSPS) is 22.8. The van der Waals surface area contributed by atoms with E-state index in [0.29, 0.717) is 17.3 Å². The lowest BCUT2D eigenvalue weighted by atomic mass is 10.2. The van der Waals surface area contributed by atoms with E-state index in [0.717, 1.165) is 0 Å². The van der Waals surface area contributed by atoms with Crippen molar-refractivity contribution in [1.29, 1.82) is 0 Å². The Morgan fingerprint density at radius 1 is 1.53 bits per heavy atom. The second-order valence-corrected chi connectivity index (χ2v) is 4.97. The van der Waals surface area contributed by atoms with E-state index in [2.05, 4.69) is 0 Å². The van der Waals surface area contributed by atoms with Gasteiger partial charge in [-0.25, -0.2) is 4.79 Å². The van der Waals surface area contributed by atoms with Crippen LogP contribution in [0.4, 0.5) is 0 Å². The van der Waals surface area contributed by atoms with Crippen LogP contribution in [0.5, 0.6) is 0 Å². The summed E-state index contributed by atoms with van der Waals surface area (Å²) >= 11 is 5.87. The Bertz CT molecular complexity index is 514. The van der Waals surface area contributed by atoms with Crippen LogP contribution < -0.4 is 0 Å². The summed E-state index contributed by atoms with van der Waals surface area (Å²) in [6.07, 6.45) is 0.879. The standard InChI is InChI=1S/C12H15ClN2O4/c1-2-14-5-7(13)3-9(14)11(17)15-6-8(16)4-10(15)12(18)19/h3,5,8,10,16H,2,4,6H2,1H3,(H,18,19)/t8-,10-/m0/s1. The lowest BCUT2D eigenvalue weighted by molar-refractivity contribution is -0.141. The number of aliphatic hydroxyl groups is 1. The Kier molecular flexibility index (Phi) is 3.82. The molecular formula is C12H15ClN2O4. The molecule has 6 nitrogen and oxygen atoms in total. The van der Waals surface area contributed by atoms with E-state index in [-0.39, 0.29) is 13.0 Å². The highest BCUT2D eigenvalue weighted by atomic mass is 35.5. The molecule has 0 aliphatic carbocycles. The monoisotopic (exact) mass is 286 g/mol. The molecule has 1 saturated heterocycles. The summed E-state index contributed by atoms with van der Waals surface area (Å²) in [5.74, 6) is -1.52. The predicted molar refractivity (Wildman–Crippen MR) is 68.2 cm³/mol. The third-order valence-corrected chi connectivity index (χ3v) is 3.45. The number of hydrogen-bond acceptors (Lipinski definition) is 3. The van der Waals surface area contributed by atoms with E-state index >= 15 is 0 Å². The summed E-state index contributed by atoms with van der Waals surface area (Å²) in [6, 6.07) is 0.526. The summed E-state index contributed by atoms with van der Waals surface area (Å²) in [6.45, 7) is 2.45. The van der Waals surface area contributed by atoms with Crippen molar-refractivity contribution in [1.82, 2.24) is 9.47 Å². The van der Waals surface area contributed by atoms with Crippen LogP contribution >= 0.6 is 11.6 Å². The van der Waals surface area contributed by atoms with Gasteiger partial charge in [-0.1, -0.05) is 11.6 Å². The van der Waals surface area contributed by atoms with Gasteiger partial charge in [-0.3, -0.25) is 4.79 Å². The van der Waals surface area contributed by atoms with Gasteiger partial charge in [0.2, 0.25) is 0 Å². The van der Waals surface area contributed by atoms with Gasteiger partial charge in [-0.05, 0) is 13.0 Å². The summed E-state index contributed by atoms with van der Waals surface area (Å²) in [5, 5.41) is 19.1. The van der Waals surface area contributed by atoms with Gasteiger partial charge in [0.25, 0.3) is 5.91 Å². The minimum atomic E-state index is -1.11. The fourth-order valence-corrected chi connectivity index (χ4v) is 2.56. The number of likely N-dealkylation sites (tertiary alicyclic amines) is 1. The molecule has 1 aromatic heterocycles. The highest BCUT2D eigenvalue weighted by Crippen LogP contribution is 2.23. The van der Waals surface area contributed by atoms with Crippen LogP contribution in [0.15, 0.2) is 12.3 Å². The molecule has 1 aromatic rings. The number of hydrogen-bond donors (Lipinski definition) is 2. The molecule has 1 aliphatic heterocycles. The summed E-state index contributed by atoms with van der Waals surface area (Å²) in [7, 11) is 0. The predicted octanol–water partition coefficient (Wildman–Crippen LogP) is 0.821. The average Bonchev–Trinajstić information content (AvgIpc) is 2.91. The van der Waals surface area contributed by atoms with Crippen LogP contribution in [0, 0.1) is 0 Å². The van der Waals surface area contributed by atoms with Crippen LogP contribution in [0.1, 0.15) is 23.8 Å². The lowest BCUT2D eigenvalue weighted by Gasteiger charge is -2.21. The van der Waals surface area contributed by atoms with Crippen LogP contribution in [-0.4, -0.2) is 50.2 Å². The molecule has 2 N–H and O–H groups in total. The number of aryl methyl sites for hydroxylation is 1. The Morgan fingerprint density at radius 2 is 2.21 bits per heavy atom. The first-order chi connectivity index (χ1) is 8.93. The van der Waals surface area contributed by atoms with Crippen molar-refractivity contribution in [2.24, 2.45) is 0 Å². The van der Waals surface area contributed by atoms with Crippen LogP contribution in [-0.2, 0) is 11.3 Å². The van der Waals surface area contributed by atoms with Crippen molar-refractivity contribution in [3.63, 3.8) is 0 Å². The number of rotatable bonds is 3. The van der Waals surface area contributed by atoms with Crippen LogP contribution in [0.3, 0.4) is 0 Å². The number of halogens is 1. The maximum absolute atomic E-state index is 12.4. The van der Waals surface area contributed by atoms with Crippen LogP contribution in [0.2, 0.25) is 5.02 Å². The zero-order valence-corrected chi connectivity index (χ0v) is 11.2.